The van der Waals surface area contributed by atoms with Crippen molar-refractivity contribution in [3.63, 3.8) is 0 Å². The molecule has 6 nitrogen and oxygen atoms in total. The first-order chi connectivity index (χ1) is 12.7. The fraction of sp³-hybridized carbons (Fsp3) is 0.250. The van der Waals surface area contributed by atoms with Crippen molar-refractivity contribution in [3.8, 4) is 5.88 Å². The molecule has 2 aliphatic rings. The molecule has 0 N–H and O–H groups in total. The van der Waals surface area contributed by atoms with Crippen molar-refractivity contribution in [1.29, 1.82) is 0 Å². The quantitative estimate of drug-likeness (QED) is 0.727. The van der Waals surface area contributed by atoms with Gasteiger partial charge in [0.1, 0.15) is 5.36 Å². The molecule has 0 unspecified atom stereocenters. The van der Waals surface area contributed by atoms with E-state index in [-0.39, 0.29) is 0 Å². The van der Waals surface area contributed by atoms with Crippen LogP contribution in [-0.2, 0) is 7.05 Å². The molecule has 1 saturated carbocycles. The number of hydrogen-bond acceptors (Lipinski definition) is 5. The summed E-state index contributed by atoms with van der Waals surface area (Å²) in [7, 11) is 1.92. The van der Waals surface area contributed by atoms with Crippen LogP contribution in [0.2, 0.25) is 0 Å². The van der Waals surface area contributed by atoms with Gasteiger partial charge in [-0.25, -0.2) is 9.99 Å². The lowest BCUT2D eigenvalue weighted by Crippen LogP contribution is -2.37. The van der Waals surface area contributed by atoms with Crippen LogP contribution in [0.1, 0.15) is 12.8 Å². The normalized spacial score (nSPS) is 16.2. The Labute approximate surface area is 150 Å². The number of aryl methyl sites for hydroxylation is 1. The van der Waals surface area contributed by atoms with E-state index in [1.165, 1.54) is 12.8 Å². The van der Waals surface area contributed by atoms with Crippen molar-refractivity contribution < 1.29 is 4.74 Å². The van der Waals surface area contributed by atoms with Gasteiger partial charge in [0, 0.05) is 24.7 Å². The number of rotatable bonds is 4. The topological polar surface area (TPSA) is 55.5 Å². The average molecular weight is 345 g/mol. The molecule has 26 heavy (non-hydrogen) atoms. The van der Waals surface area contributed by atoms with Crippen LogP contribution >= 0.6 is 0 Å². The first-order valence-electron chi connectivity index (χ1n) is 8.78. The number of benzene rings is 1. The summed E-state index contributed by atoms with van der Waals surface area (Å²) in [6.45, 7) is 4.90. The van der Waals surface area contributed by atoms with Crippen molar-refractivity contribution in [2.75, 3.05) is 11.6 Å². The highest BCUT2D eigenvalue weighted by Crippen LogP contribution is 2.29. The molecule has 3 heterocycles. The summed E-state index contributed by atoms with van der Waals surface area (Å²) in [5.41, 5.74) is 2.68. The average Bonchev–Trinajstić information content (AvgIpc) is 3.38. The molecule has 6 heteroatoms. The van der Waals surface area contributed by atoms with Crippen molar-refractivity contribution in [3.05, 3.63) is 59.5 Å². The number of allylic oxidation sites excluding steroid dienone is 1. The number of hydrogen-bond donors (Lipinski definition) is 0. The standard InChI is InChI=1S/C20H19N5O/c1-13-9-19-18(7-8-20(21-19)26-12-14-3-4-14)23-25(13)16-5-6-17-15(10-16)11-24(2)22-17/h5-11,14H,1,3-4,12H2,2H3. The van der Waals surface area contributed by atoms with E-state index in [2.05, 4.69) is 22.7 Å². The SMILES string of the molecule is C=C1C=c2nc(OCC3CC3)ccc2=NN1c1ccc2nn(C)cc2c1. The summed E-state index contributed by atoms with van der Waals surface area (Å²) in [5, 5.41) is 13.6. The summed E-state index contributed by atoms with van der Waals surface area (Å²) >= 11 is 0. The van der Waals surface area contributed by atoms with Gasteiger partial charge in [-0.05, 0) is 49.1 Å². The Hall–Kier alpha value is -3.15. The lowest BCUT2D eigenvalue weighted by atomic mass is 10.2. The Morgan fingerprint density at radius 1 is 1.23 bits per heavy atom. The minimum atomic E-state index is 0.653. The van der Waals surface area contributed by atoms with Crippen LogP contribution in [0.3, 0.4) is 0 Å². The molecule has 0 atom stereocenters. The summed E-state index contributed by atoms with van der Waals surface area (Å²) in [4.78, 5) is 4.57. The number of ether oxygens (including phenoxy) is 1. The lowest BCUT2D eigenvalue weighted by Gasteiger charge is -2.21. The second-order valence-corrected chi connectivity index (χ2v) is 6.90. The molecule has 0 radical (unpaired) electrons. The zero-order chi connectivity index (χ0) is 17.7. The Morgan fingerprint density at radius 3 is 2.96 bits per heavy atom. The summed E-state index contributed by atoms with van der Waals surface area (Å²) in [6, 6.07) is 9.90. The van der Waals surface area contributed by atoms with Gasteiger partial charge in [0.15, 0.2) is 0 Å². The maximum absolute atomic E-state index is 5.77. The second-order valence-electron chi connectivity index (χ2n) is 6.90. The third-order valence-electron chi connectivity index (χ3n) is 4.67. The van der Waals surface area contributed by atoms with Gasteiger partial charge in [0.25, 0.3) is 0 Å². The van der Waals surface area contributed by atoms with Crippen LogP contribution in [-0.4, -0.2) is 21.4 Å². The van der Waals surface area contributed by atoms with E-state index in [0.717, 1.165) is 39.6 Å². The number of fused-ring (bicyclic) bond motifs is 2. The van der Waals surface area contributed by atoms with Gasteiger partial charge in [-0.3, -0.25) is 4.68 Å². The van der Waals surface area contributed by atoms with E-state index in [1.807, 2.05) is 53.3 Å². The van der Waals surface area contributed by atoms with E-state index in [4.69, 9.17) is 9.84 Å². The molecular formula is C20H19N5O. The van der Waals surface area contributed by atoms with Crippen LogP contribution < -0.4 is 20.5 Å². The maximum atomic E-state index is 5.77. The highest BCUT2D eigenvalue weighted by Gasteiger charge is 2.22. The fourth-order valence-corrected chi connectivity index (χ4v) is 3.09. The molecular weight excluding hydrogens is 326 g/mol. The van der Waals surface area contributed by atoms with E-state index in [0.29, 0.717) is 11.8 Å². The second kappa shape index (κ2) is 5.69. The Bertz CT molecular complexity index is 1140. The van der Waals surface area contributed by atoms with E-state index >= 15 is 0 Å². The number of nitrogens with zero attached hydrogens (tertiary/aromatic N) is 5. The van der Waals surface area contributed by atoms with Gasteiger partial charge in [-0.1, -0.05) is 6.58 Å². The first-order valence-corrected chi connectivity index (χ1v) is 8.78. The first kappa shape index (κ1) is 15.1. The van der Waals surface area contributed by atoms with Gasteiger partial charge >= 0.3 is 0 Å². The van der Waals surface area contributed by atoms with Crippen LogP contribution in [0.15, 0.2) is 53.9 Å². The molecule has 1 aliphatic heterocycles. The van der Waals surface area contributed by atoms with Crippen LogP contribution in [0.5, 0.6) is 5.88 Å². The zero-order valence-corrected chi connectivity index (χ0v) is 14.6. The third-order valence-corrected chi connectivity index (χ3v) is 4.67. The molecule has 0 bridgehead atoms. The van der Waals surface area contributed by atoms with Gasteiger partial charge in [-0.2, -0.15) is 10.2 Å². The number of pyridine rings is 1. The molecule has 1 aromatic carbocycles. The summed E-state index contributed by atoms with van der Waals surface area (Å²) in [6.07, 6.45) is 6.47. The molecule has 5 rings (SSSR count). The van der Waals surface area contributed by atoms with E-state index < -0.39 is 0 Å². The van der Waals surface area contributed by atoms with Crippen molar-refractivity contribution in [2.24, 2.45) is 18.1 Å². The number of anilines is 1. The predicted octanol–water partition coefficient (Wildman–Crippen LogP) is 2.11. The summed E-state index contributed by atoms with van der Waals surface area (Å²) in [5.74, 6) is 1.36. The van der Waals surface area contributed by atoms with E-state index in [9.17, 15) is 0 Å². The van der Waals surface area contributed by atoms with Gasteiger partial charge in [0.05, 0.1) is 28.9 Å². The Morgan fingerprint density at radius 2 is 2.12 bits per heavy atom. The van der Waals surface area contributed by atoms with Gasteiger partial charge < -0.3 is 4.74 Å². The smallest absolute Gasteiger partial charge is 0.213 e. The van der Waals surface area contributed by atoms with Gasteiger partial charge in [-0.15, -0.1) is 0 Å². The van der Waals surface area contributed by atoms with Crippen LogP contribution in [0.25, 0.3) is 17.0 Å². The third kappa shape index (κ3) is 2.73. The summed E-state index contributed by atoms with van der Waals surface area (Å²) < 4.78 is 7.58. The fourth-order valence-electron chi connectivity index (χ4n) is 3.09. The molecule has 0 saturated heterocycles. The van der Waals surface area contributed by atoms with Crippen LogP contribution in [0.4, 0.5) is 5.69 Å². The highest BCUT2D eigenvalue weighted by molar-refractivity contribution is 5.83. The predicted molar refractivity (Wildman–Crippen MR) is 100 cm³/mol. The zero-order valence-electron chi connectivity index (χ0n) is 14.6. The molecule has 3 aromatic rings. The minimum Gasteiger partial charge on any atom is -0.477 e. The molecule has 1 fully saturated rings. The largest absolute Gasteiger partial charge is 0.477 e. The molecule has 0 amide bonds. The minimum absolute atomic E-state index is 0.653. The number of aromatic nitrogens is 3. The monoisotopic (exact) mass is 345 g/mol. The maximum Gasteiger partial charge on any atom is 0.213 e. The Kier molecular flexibility index (Phi) is 3.31. The van der Waals surface area contributed by atoms with Crippen molar-refractivity contribution in [2.45, 2.75) is 12.8 Å². The molecule has 130 valence electrons. The van der Waals surface area contributed by atoms with Crippen molar-refractivity contribution in [1.82, 2.24) is 14.8 Å². The van der Waals surface area contributed by atoms with Crippen molar-refractivity contribution >= 4 is 22.7 Å². The molecule has 2 aromatic heterocycles. The Balaban J connectivity index is 1.49. The van der Waals surface area contributed by atoms with E-state index in [1.54, 1.807) is 0 Å². The molecule has 0 spiro atoms. The van der Waals surface area contributed by atoms with Crippen LogP contribution in [0, 0.1) is 5.92 Å². The lowest BCUT2D eigenvalue weighted by molar-refractivity contribution is 0.287. The van der Waals surface area contributed by atoms with Gasteiger partial charge in [0.2, 0.25) is 5.88 Å². The highest BCUT2D eigenvalue weighted by atomic mass is 16.5. The molecule has 1 aliphatic carbocycles.